The minimum Gasteiger partial charge on any atom is -0.353 e. The Hall–Kier alpha value is -1.77. The molecule has 1 amide bonds. The van der Waals surface area contributed by atoms with Crippen LogP contribution in [0.15, 0.2) is 29.2 Å². The van der Waals surface area contributed by atoms with Gasteiger partial charge in [-0.1, -0.05) is 12.1 Å². The van der Waals surface area contributed by atoms with Gasteiger partial charge in [-0.05, 0) is 51.4 Å². The van der Waals surface area contributed by atoms with Crippen molar-refractivity contribution in [2.45, 2.75) is 43.5 Å². The van der Waals surface area contributed by atoms with E-state index in [-0.39, 0.29) is 29.2 Å². The zero-order chi connectivity index (χ0) is 19.2. The van der Waals surface area contributed by atoms with Gasteiger partial charge in [-0.15, -0.1) is 0 Å². The quantitative estimate of drug-likeness (QED) is 0.659. The minimum atomic E-state index is -3.62. The standard InChI is InChI=1S/C18H27N3O4S/c1-14(22)15-5-7-17(8-6-15)26(24,25)21(2)13-3-4-18(23)20-16-9-11-19-12-10-16/h5-8,16,19H,3-4,9-13H2,1-2H3,(H,20,23). The highest BCUT2D eigenvalue weighted by atomic mass is 32.2. The van der Waals surface area contributed by atoms with Crippen LogP contribution in [0.1, 0.15) is 43.0 Å². The number of carbonyl (C=O) groups excluding carboxylic acids is 2. The summed E-state index contributed by atoms with van der Waals surface area (Å²) in [6.07, 6.45) is 2.61. The third-order valence-electron chi connectivity index (χ3n) is 4.55. The minimum absolute atomic E-state index is 0.0338. The van der Waals surface area contributed by atoms with Crippen molar-refractivity contribution in [1.82, 2.24) is 14.9 Å². The zero-order valence-electron chi connectivity index (χ0n) is 15.3. The number of ketones is 1. The summed E-state index contributed by atoms with van der Waals surface area (Å²) in [5.41, 5.74) is 0.473. The first-order valence-electron chi connectivity index (χ1n) is 8.88. The Balaban J connectivity index is 1.82. The van der Waals surface area contributed by atoms with E-state index in [9.17, 15) is 18.0 Å². The lowest BCUT2D eigenvalue weighted by Crippen LogP contribution is -2.42. The maximum Gasteiger partial charge on any atom is 0.242 e. The van der Waals surface area contributed by atoms with Gasteiger partial charge in [0.15, 0.2) is 5.78 Å². The Morgan fingerprint density at radius 3 is 2.38 bits per heavy atom. The van der Waals surface area contributed by atoms with Crippen molar-refractivity contribution >= 4 is 21.7 Å². The van der Waals surface area contributed by atoms with Crippen LogP contribution >= 0.6 is 0 Å². The maximum absolute atomic E-state index is 12.5. The van der Waals surface area contributed by atoms with Gasteiger partial charge in [-0.2, -0.15) is 0 Å². The molecule has 1 fully saturated rings. The molecule has 8 heteroatoms. The summed E-state index contributed by atoms with van der Waals surface area (Å²) < 4.78 is 26.3. The Labute approximate surface area is 155 Å². The second-order valence-corrected chi connectivity index (χ2v) is 8.65. The van der Waals surface area contributed by atoms with Crippen molar-refractivity contribution in [1.29, 1.82) is 0 Å². The Kier molecular flexibility index (Phi) is 7.31. The third-order valence-corrected chi connectivity index (χ3v) is 6.42. The summed E-state index contributed by atoms with van der Waals surface area (Å²) in [6, 6.07) is 6.11. The van der Waals surface area contributed by atoms with E-state index in [1.807, 2.05) is 0 Å². The van der Waals surface area contributed by atoms with E-state index in [1.165, 1.54) is 42.5 Å². The first-order chi connectivity index (χ1) is 12.3. The summed E-state index contributed by atoms with van der Waals surface area (Å²) >= 11 is 0. The normalized spacial score (nSPS) is 15.8. The van der Waals surface area contributed by atoms with E-state index < -0.39 is 10.0 Å². The Morgan fingerprint density at radius 2 is 1.81 bits per heavy atom. The maximum atomic E-state index is 12.5. The smallest absolute Gasteiger partial charge is 0.242 e. The summed E-state index contributed by atoms with van der Waals surface area (Å²) in [5, 5.41) is 6.25. The molecule has 1 aliphatic rings. The van der Waals surface area contributed by atoms with Crippen molar-refractivity contribution in [3.8, 4) is 0 Å². The van der Waals surface area contributed by atoms with E-state index in [4.69, 9.17) is 0 Å². The first-order valence-corrected chi connectivity index (χ1v) is 10.3. The monoisotopic (exact) mass is 381 g/mol. The molecule has 7 nitrogen and oxygen atoms in total. The highest BCUT2D eigenvalue weighted by Crippen LogP contribution is 2.16. The van der Waals surface area contributed by atoms with Crippen molar-refractivity contribution in [2.24, 2.45) is 0 Å². The van der Waals surface area contributed by atoms with Crippen LogP contribution < -0.4 is 10.6 Å². The molecule has 1 saturated heterocycles. The number of rotatable bonds is 8. The molecule has 1 aliphatic heterocycles. The number of nitrogens with zero attached hydrogens (tertiary/aromatic N) is 1. The van der Waals surface area contributed by atoms with Crippen LogP contribution in [0.3, 0.4) is 0 Å². The predicted molar refractivity (Wildman–Crippen MR) is 99.5 cm³/mol. The molecular weight excluding hydrogens is 354 g/mol. The van der Waals surface area contributed by atoms with Crippen LogP contribution in [0.25, 0.3) is 0 Å². The van der Waals surface area contributed by atoms with Gasteiger partial charge >= 0.3 is 0 Å². The van der Waals surface area contributed by atoms with Crippen LogP contribution in [0, 0.1) is 0 Å². The third kappa shape index (κ3) is 5.62. The Bertz CT molecular complexity index is 725. The summed E-state index contributed by atoms with van der Waals surface area (Å²) in [6.45, 7) is 3.52. The van der Waals surface area contributed by atoms with Gasteiger partial charge in [0.2, 0.25) is 15.9 Å². The molecular formula is C18H27N3O4S. The van der Waals surface area contributed by atoms with E-state index in [0.717, 1.165) is 25.9 Å². The first kappa shape index (κ1) is 20.5. The van der Waals surface area contributed by atoms with E-state index in [0.29, 0.717) is 18.4 Å². The molecule has 0 aliphatic carbocycles. The molecule has 2 rings (SSSR count). The molecule has 0 atom stereocenters. The number of piperidine rings is 1. The molecule has 0 saturated carbocycles. The van der Waals surface area contributed by atoms with Crippen molar-refractivity contribution < 1.29 is 18.0 Å². The lowest BCUT2D eigenvalue weighted by molar-refractivity contribution is -0.122. The zero-order valence-corrected chi connectivity index (χ0v) is 16.1. The average molecular weight is 381 g/mol. The second kappa shape index (κ2) is 9.25. The number of carbonyl (C=O) groups is 2. The highest BCUT2D eigenvalue weighted by Gasteiger charge is 2.21. The van der Waals surface area contributed by atoms with Gasteiger partial charge in [-0.25, -0.2) is 12.7 Å². The van der Waals surface area contributed by atoms with Crippen LogP contribution in [0.5, 0.6) is 0 Å². The molecule has 1 aromatic carbocycles. The Morgan fingerprint density at radius 1 is 1.19 bits per heavy atom. The topological polar surface area (TPSA) is 95.6 Å². The molecule has 1 aromatic rings. The number of Topliss-reactive ketones (excluding diaryl/α,β-unsaturated/α-hetero) is 1. The van der Waals surface area contributed by atoms with Gasteiger partial charge in [-0.3, -0.25) is 9.59 Å². The SMILES string of the molecule is CC(=O)c1ccc(S(=O)(=O)N(C)CCCC(=O)NC2CCNCC2)cc1. The fraction of sp³-hybridized carbons (Fsp3) is 0.556. The lowest BCUT2D eigenvalue weighted by atomic mass is 10.1. The van der Waals surface area contributed by atoms with Crippen LogP contribution in [-0.4, -0.2) is 57.1 Å². The van der Waals surface area contributed by atoms with Gasteiger partial charge in [0, 0.05) is 31.6 Å². The molecule has 26 heavy (non-hydrogen) atoms. The largest absolute Gasteiger partial charge is 0.353 e. The number of hydrogen-bond acceptors (Lipinski definition) is 5. The van der Waals surface area contributed by atoms with Crippen LogP contribution in [-0.2, 0) is 14.8 Å². The van der Waals surface area contributed by atoms with Crippen molar-refractivity contribution in [2.75, 3.05) is 26.7 Å². The predicted octanol–water partition coefficient (Wildman–Crippen LogP) is 1.16. The molecule has 0 bridgehead atoms. The number of nitrogens with one attached hydrogen (secondary N) is 2. The molecule has 2 N–H and O–H groups in total. The molecule has 1 heterocycles. The number of sulfonamides is 1. The highest BCUT2D eigenvalue weighted by molar-refractivity contribution is 7.89. The second-order valence-electron chi connectivity index (χ2n) is 6.60. The van der Waals surface area contributed by atoms with Crippen LogP contribution in [0.4, 0.5) is 0 Å². The molecule has 144 valence electrons. The number of amides is 1. The molecule has 0 aromatic heterocycles. The van der Waals surface area contributed by atoms with Gasteiger partial charge in [0.1, 0.15) is 0 Å². The number of hydrogen-bond donors (Lipinski definition) is 2. The summed E-state index contributed by atoms with van der Waals surface area (Å²) in [5.74, 6) is -0.143. The van der Waals surface area contributed by atoms with E-state index >= 15 is 0 Å². The van der Waals surface area contributed by atoms with Crippen LogP contribution in [0.2, 0.25) is 0 Å². The van der Waals surface area contributed by atoms with Crippen molar-refractivity contribution in [3.63, 3.8) is 0 Å². The lowest BCUT2D eigenvalue weighted by Gasteiger charge is -2.24. The molecule has 0 unspecified atom stereocenters. The van der Waals surface area contributed by atoms with Gasteiger partial charge in [0.25, 0.3) is 0 Å². The fourth-order valence-corrected chi connectivity index (χ4v) is 4.10. The van der Waals surface area contributed by atoms with E-state index in [1.54, 1.807) is 0 Å². The average Bonchev–Trinajstić information content (AvgIpc) is 2.62. The van der Waals surface area contributed by atoms with Gasteiger partial charge < -0.3 is 10.6 Å². The van der Waals surface area contributed by atoms with Crippen molar-refractivity contribution in [3.05, 3.63) is 29.8 Å². The van der Waals surface area contributed by atoms with Gasteiger partial charge in [0.05, 0.1) is 4.90 Å². The number of benzene rings is 1. The van der Waals surface area contributed by atoms with E-state index in [2.05, 4.69) is 10.6 Å². The summed E-state index contributed by atoms with van der Waals surface area (Å²) in [7, 11) is -2.13. The summed E-state index contributed by atoms with van der Waals surface area (Å²) in [4.78, 5) is 23.4. The molecule has 0 radical (unpaired) electrons. The molecule has 0 spiro atoms. The fourth-order valence-electron chi connectivity index (χ4n) is 2.89.